The lowest BCUT2D eigenvalue weighted by Crippen LogP contribution is -2.31. The fourth-order valence-corrected chi connectivity index (χ4v) is 2.69. The van der Waals surface area contributed by atoms with E-state index in [1.165, 1.54) is 0 Å². The highest BCUT2D eigenvalue weighted by Gasteiger charge is 2.30. The van der Waals surface area contributed by atoms with Crippen LogP contribution in [0.25, 0.3) is 11.0 Å². The molecule has 1 atom stereocenters. The summed E-state index contributed by atoms with van der Waals surface area (Å²) in [5.74, 6) is 0.979. The van der Waals surface area contributed by atoms with Crippen LogP contribution >= 0.6 is 0 Å². The molecular formula is C14H20N4O. The number of hydrogen-bond acceptors (Lipinski definition) is 4. The number of nitrogens with two attached hydrogens (primary N) is 1. The Balaban J connectivity index is 1.66. The van der Waals surface area contributed by atoms with Crippen molar-refractivity contribution >= 4 is 16.7 Å². The smallest absolute Gasteiger partial charge is 0.108 e. The third-order valence-electron chi connectivity index (χ3n) is 3.75. The van der Waals surface area contributed by atoms with Crippen LogP contribution in [-0.2, 0) is 6.42 Å². The summed E-state index contributed by atoms with van der Waals surface area (Å²) in [4.78, 5) is 10.1. The third-order valence-corrected chi connectivity index (χ3v) is 3.75. The first-order chi connectivity index (χ1) is 9.02. The Morgan fingerprint density at radius 3 is 3.11 bits per heavy atom. The van der Waals surface area contributed by atoms with Gasteiger partial charge in [0, 0.05) is 31.7 Å². The van der Waals surface area contributed by atoms with Crippen molar-refractivity contribution in [1.82, 2.24) is 14.9 Å². The number of nitrogen functional groups attached to an aromatic ring is 1. The van der Waals surface area contributed by atoms with Crippen molar-refractivity contribution in [2.75, 3.05) is 25.4 Å². The largest absolute Gasteiger partial charge is 0.399 e. The van der Waals surface area contributed by atoms with Gasteiger partial charge < -0.3 is 15.8 Å². The van der Waals surface area contributed by atoms with Gasteiger partial charge in [-0.1, -0.05) is 0 Å². The number of benzene rings is 1. The van der Waals surface area contributed by atoms with E-state index < -0.39 is 5.60 Å². The van der Waals surface area contributed by atoms with E-state index in [2.05, 4.69) is 14.9 Å². The minimum Gasteiger partial charge on any atom is -0.399 e. The fraction of sp³-hybridized carbons (Fsp3) is 0.500. The van der Waals surface area contributed by atoms with Gasteiger partial charge in [0.1, 0.15) is 5.82 Å². The van der Waals surface area contributed by atoms with Crippen LogP contribution < -0.4 is 5.73 Å². The van der Waals surface area contributed by atoms with Gasteiger partial charge in [0.2, 0.25) is 0 Å². The monoisotopic (exact) mass is 260 g/mol. The van der Waals surface area contributed by atoms with Crippen molar-refractivity contribution < 1.29 is 5.11 Å². The van der Waals surface area contributed by atoms with Gasteiger partial charge in [-0.25, -0.2) is 4.98 Å². The molecule has 1 aromatic heterocycles. The van der Waals surface area contributed by atoms with Gasteiger partial charge in [0.05, 0.1) is 16.6 Å². The number of fused-ring (bicyclic) bond motifs is 1. The first-order valence-corrected chi connectivity index (χ1v) is 6.71. The summed E-state index contributed by atoms with van der Waals surface area (Å²) < 4.78 is 0. The number of hydrogen-bond donors (Lipinski definition) is 3. The van der Waals surface area contributed by atoms with Gasteiger partial charge in [-0.15, -0.1) is 0 Å². The molecule has 19 heavy (non-hydrogen) atoms. The molecule has 1 aliphatic rings. The number of nitrogens with one attached hydrogen (secondary N) is 1. The lowest BCUT2D eigenvalue weighted by molar-refractivity contribution is 0.0689. The maximum Gasteiger partial charge on any atom is 0.108 e. The number of aromatic amines is 1. The zero-order valence-corrected chi connectivity index (χ0v) is 11.2. The van der Waals surface area contributed by atoms with E-state index in [-0.39, 0.29) is 0 Å². The molecule has 1 unspecified atom stereocenters. The van der Waals surface area contributed by atoms with Crippen LogP contribution in [0.5, 0.6) is 0 Å². The SMILES string of the molecule is CC1(O)CCN(CCc2nc3ccc(N)cc3[nH]2)C1. The first-order valence-electron chi connectivity index (χ1n) is 6.71. The number of imidazole rings is 1. The van der Waals surface area contributed by atoms with Gasteiger partial charge in [-0.3, -0.25) is 4.90 Å². The molecule has 2 heterocycles. The van der Waals surface area contributed by atoms with Crippen LogP contribution in [0.3, 0.4) is 0 Å². The van der Waals surface area contributed by atoms with Crippen LogP contribution in [0.1, 0.15) is 19.2 Å². The average molecular weight is 260 g/mol. The number of likely N-dealkylation sites (tertiary alicyclic amines) is 1. The van der Waals surface area contributed by atoms with Crippen molar-refractivity contribution in [2.24, 2.45) is 0 Å². The molecule has 1 fully saturated rings. The van der Waals surface area contributed by atoms with Crippen molar-refractivity contribution in [3.8, 4) is 0 Å². The van der Waals surface area contributed by atoms with Gasteiger partial charge in [-0.05, 0) is 31.5 Å². The quantitative estimate of drug-likeness (QED) is 0.723. The van der Waals surface area contributed by atoms with Crippen molar-refractivity contribution in [2.45, 2.75) is 25.4 Å². The topological polar surface area (TPSA) is 78.2 Å². The molecule has 1 saturated heterocycles. The Kier molecular flexibility index (Phi) is 2.95. The molecule has 1 aromatic carbocycles. The second-order valence-corrected chi connectivity index (χ2v) is 5.73. The Morgan fingerprint density at radius 1 is 1.53 bits per heavy atom. The van der Waals surface area contributed by atoms with Crippen LogP contribution in [0.2, 0.25) is 0 Å². The fourth-order valence-electron chi connectivity index (χ4n) is 2.69. The van der Waals surface area contributed by atoms with Gasteiger partial charge in [0.15, 0.2) is 0 Å². The lowest BCUT2D eigenvalue weighted by Gasteiger charge is -2.18. The van der Waals surface area contributed by atoms with E-state index in [1.807, 2.05) is 25.1 Å². The minimum atomic E-state index is -0.525. The Bertz CT molecular complexity index is 590. The molecule has 0 aliphatic carbocycles. The summed E-state index contributed by atoms with van der Waals surface area (Å²) in [5, 5.41) is 9.93. The van der Waals surface area contributed by atoms with Gasteiger partial charge in [-0.2, -0.15) is 0 Å². The van der Waals surface area contributed by atoms with Crippen LogP contribution in [0, 0.1) is 0 Å². The highest BCUT2D eigenvalue weighted by molar-refractivity contribution is 5.78. The van der Waals surface area contributed by atoms with Crippen LogP contribution in [-0.4, -0.2) is 45.2 Å². The highest BCUT2D eigenvalue weighted by Crippen LogP contribution is 2.20. The minimum absolute atomic E-state index is 0.525. The normalized spacial score (nSPS) is 24.3. The van der Waals surface area contributed by atoms with E-state index >= 15 is 0 Å². The van der Waals surface area contributed by atoms with E-state index in [0.717, 1.165) is 55.0 Å². The van der Waals surface area contributed by atoms with Crippen LogP contribution in [0.15, 0.2) is 18.2 Å². The molecule has 0 radical (unpaired) electrons. The molecule has 2 aromatic rings. The van der Waals surface area contributed by atoms with E-state index in [1.54, 1.807) is 0 Å². The maximum atomic E-state index is 9.93. The lowest BCUT2D eigenvalue weighted by atomic mass is 10.1. The van der Waals surface area contributed by atoms with E-state index in [0.29, 0.717) is 0 Å². The molecule has 102 valence electrons. The summed E-state index contributed by atoms with van der Waals surface area (Å²) >= 11 is 0. The second kappa shape index (κ2) is 4.51. The molecule has 4 N–H and O–H groups in total. The molecule has 5 heteroatoms. The number of nitrogens with zero attached hydrogens (tertiary/aromatic N) is 2. The predicted molar refractivity (Wildman–Crippen MR) is 75.9 cm³/mol. The second-order valence-electron chi connectivity index (χ2n) is 5.73. The number of β-amino-alcohol motifs (C(OH)–C–C–N with tert-alkyl or cyclic N) is 1. The Hall–Kier alpha value is -1.59. The Morgan fingerprint density at radius 2 is 2.37 bits per heavy atom. The summed E-state index contributed by atoms with van der Waals surface area (Å²) in [6.07, 6.45) is 1.72. The van der Waals surface area contributed by atoms with Gasteiger partial charge in [0.25, 0.3) is 0 Å². The first kappa shape index (κ1) is 12.4. The maximum absolute atomic E-state index is 9.93. The third kappa shape index (κ3) is 2.72. The van der Waals surface area contributed by atoms with E-state index in [9.17, 15) is 5.11 Å². The summed E-state index contributed by atoms with van der Waals surface area (Å²) in [6.45, 7) is 4.53. The summed E-state index contributed by atoms with van der Waals surface area (Å²) in [6, 6.07) is 5.71. The molecule has 0 bridgehead atoms. The summed E-state index contributed by atoms with van der Waals surface area (Å²) in [5.41, 5.74) is 7.92. The van der Waals surface area contributed by atoms with Crippen molar-refractivity contribution in [3.05, 3.63) is 24.0 Å². The van der Waals surface area contributed by atoms with Crippen molar-refractivity contribution in [3.63, 3.8) is 0 Å². The average Bonchev–Trinajstić information content (AvgIpc) is 2.89. The standard InChI is InChI=1S/C14H20N4O/c1-14(19)5-7-18(9-14)6-4-13-16-11-3-2-10(15)8-12(11)17-13/h2-3,8,19H,4-7,9,15H2,1H3,(H,16,17). The van der Waals surface area contributed by atoms with Gasteiger partial charge >= 0.3 is 0 Å². The molecule has 0 spiro atoms. The molecule has 0 saturated carbocycles. The molecule has 0 amide bonds. The number of H-pyrrole nitrogens is 1. The Labute approximate surface area is 112 Å². The number of rotatable bonds is 3. The van der Waals surface area contributed by atoms with Crippen LogP contribution in [0.4, 0.5) is 5.69 Å². The number of aliphatic hydroxyl groups is 1. The number of anilines is 1. The number of aromatic nitrogens is 2. The summed E-state index contributed by atoms with van der Waals surface area (Å²) in [7, 11) is 0. The zero-order valence-electron chi connectivity index (χ0n) is 11.2. The molecule has 1 aliphatic heterocycles. The molecule has 3 rings (SSSR count). The van der Waals surface area contributed by atoms with E-state index in [4.69, 9.17) is 5.73 Å². The predicted octanol–water partition coefficient (Wildman–Crippen LogP) is 1.14. The molecule has 5 nitrogen and oxygen atoms in total. The molecular weight excluding hydrogens is 240 g/mol. The zero-order chi connectivity index (χ0) is 13.5. The highest BCUT2D eigenvalue weighted by atomic mass is 16.3. The van der Waals surface area contributed by atoms with Crippen molar-refractivity contribution in [1.29, 1.82) is 0 Å².